The standard InChI is InChI=1S/C15H13N5O3S2/c21-15-11-8-24-9-12(11)18-20(15)14-5-4-10(7-17-14)25(22,23)19-13-3-1-2-6-16-13/h1-7,18H,8-9H2,(H,16,19). The highest BCUT2D eigenvalue weighted by molar-refractivity contribution is 7.98. The van der Waals surface area contributed by atoms with Gasteiger partial charge in [0.25, 0.3) is 15.6 Å². The van der Waals surface area contributed by atoms with E-state index in [0.29, 0.717) is 11.6 Å². The first kappa shape index (κ1) is 15.9. The van der Waals surface area contributed by atoms with Gasteiger partial charge in [0.05, 0.1) is 11.3 Å². The highest BCUT2D eigenvalue weighted by atomic mass is 32.2. The molecule has 0 unspecified atom stereocenters. The van der Waals surface area contributed by atoms with Gasteiger partial charge in [-0.05, 0) is 24.3 Å². The van der Waals surface area contributed by atoms with Gasteiger partial charge in [-0.2, -0.15) is 11.8 Å². The Hall–Kier alpha value is -2.59. The number of H-pyrrole nitrogens is 1. The van der Waals surface area contributed by atoms with Crippen LogP contribution in [-0.2, 0) is 21.5 Å². The average Bonchev–Trinajstić information content (AvgIpc) is 3.19. The lowest BCUT2D eigenvalue weighted by Gasteiger charge is -2.07. The highest BCUT2D eigenvalue weighted by Gasteiger charge is 2.21. The van der Waals surface area contributed by atoms with E-state index in [1.54, 1.807) is 30.0 Å². The molecule has 8 nitrogen and oxygen atoms in total. The lowest BCUT2D eigenvalue weighted by atomic mass is 10.3. The number of anilines is 1. The zero-order valence-corrected chi connectivity index (χ0v) is 14.5. The number of nitrogens with one attached hydrogen (secondary N) is 2. The minimum absolute atomic E-state index is 0.00963. The Balaban J connectivity index is 1.63. The van der Waals surface area contributed by atoms with Crippen LogP contribution in [0.15, 0.2) is 52.4 Å². The van der Waals surface area contributed by atoms with Crippen molar-refractivity contribution in [3.05, 3.63) is 64.3 Å². The van der Waals surface area contributed by atoms with E-state index >= 15 is 0 Å². The van der Waals surface area contributed by atoms with E-state index < -0.39 is 10.0 Å². The Morgan fingerprint density at radius 3 is 2.72 bits per heavy atom. The summed E-state index contributed by atoms with van der Waals surface area (Å²) in [5.74, 6) is 2.01. The van der Waals surface area contributed by atoms with Gasteiger partial charge in [-0.1, -0.05) is 6.07 Å². The minimum Gasteiger partial charge on any atom is -0.292 e. The second-order valence-corrected chi connectivity index (χ2v) is 8.04. The monoisotopic (exact) mass is 375 g/mol. The second kappa shape index (κ2) is 6.05. The summed E-state index contributed by atoms with van der Waals surface area (Å²) in [5.41, 5.74) is 1.50. The maximum Gasteiger partial charge on any atom is 0.276 e. The molecule has 4 rings (SSSR count). The van der Waals surface area contributed by atoms with Crippen molar-refractivity contribution in [2.75, 3.05) is 4.72 Å². The van der Waals surface area contributed by atoms with Crippen molar-refractivity contribution in [2.45, 2.75) is 16.4 Å². The predicted molar refractivity (Wildman–Crippen MR) is 94.2 cm³/mol. The van der Waals surface area contributed by atoms with Crippen LogP contribution in [0, 0.1) is 0 Å². The van der Waals surface area contributed by atoms with Gasteiger partial charge in [0.15, 0.2) is 5.82 Å². The lowest BCUT2D eigenvalue weighted by Crippen LogP contribution is -2.19. The first-order valence-electron chi connectivity index (χ1n) is 7.35. The van der Waals surface area contributed by atoms with Crippen molar-refractivity contribution in [3.63, 3.8) is 0 Å². The van der Waals surface area contributed by atoms with E-state index in [1.165, 1.54) is 29.2 Å². The number of sulfonamides is 1. The molecular weight excluding hydrogens is 362 g/mol. The van der Waals surface area contributed by atoms with Crippen LogP contribution in [0.2, 0.25) is 0 Å². The van der Waals surface area contributed by atoms with Crippen LogP contribution in [-0.4, -0.2) is 28.2 Å². The summed E-state index contributed by atoms with van der Waals surface area (Å²) in [7, 11) is -3.79. The summed E-state index contributed by atoms with van der Waals surface area (Å²) >= 11 is 1.68. The van der Waals surface area contributed by atoms with Crippen molar-refractivity contribution in [1.29, 1.82) is 0 Å². The molecule has 0 aromatic carbocycles. The van der Waals surface area contributed by atoms with Crippen LogP contribution in [0.3, 0.4) is 0 Å². The van der Waals surface area contributed by atoms with Gasteiger partial charge in [0.2, 0.25) is 0 Å². The van der Waals surface area contributed by atoms with Crippen LogP contribution in [0.4, 0.5) is 5.82 Å². The normalized spacial score (nSPS) is 13.6. The summed E-state index contributed by atoms with van der Waals surface area (Å²) in [6, 6.07) is 7.82. The molecule has 0 aliphatic carbocycles. The number of thioether (sulfide) groups is 1. The highest BCUT2D eigenvalue weighted by Crippen LogP contribution is 2.26. The fourth-order valence-electron chi connectivity index (χ4n) is 2.49. The number of pyridine rings is 2. The smallest absolute Gasteiger partial charge is 0.276 e. The zero-order valence-electron chi connectivity index (χ0n) is 12.8. The Kier molecular flexibility index (Phi) is 3.85. The Labute approximate surface area is 147 Å². The molecule has 10 heteroatoms. The Morgan fingerprint density at radius 2 is 2.04 bits per heavy atom. The molecular formula is C15H13N5O3S2. The molecule has 0 bridgehead atoms. The van der Waals surface area contributed by atoms with E-state index in [9.17, 15) is 13.2 Å². The van der Waals surface area contributed by atoms with Crippen LogP contribution in [0.5, 0.6) is 0 Å². The quantitative estimate of drug-likeness (QED) is 0.715. The molecule has 128 valence electrons. The topological polar surface area (TPSA) is 110 Å². The van der Waals surface area contributed by atoms with Gasteiger partial charge >= 0.3 is 0 Å². The van der Waals surface area contributed by atoms with Crippen molar-refractivity contribution < 1.29 is 8.42 Å². The molecule has 1 aliphatic rings. The van der Waals surface area contributed by atoms with Gasteiger partial charge in [0.1, 0.15) is 10.7 Å². The zero-order chi connectivity index (χ0) is 17.4. The van der Waals surface area contributed by atoms with E-state index in [0.717, 1.165) is 17.0 Å². The molecule has 0 atom stereocenters. The fourth-order valence-corrected chi connectivity index (χ4v) is 4.48. The molecule has 0 amide bonds. The third-order valence-corrected chi connectivity index (χ3v) is 6.05. The molecule has 0 spiro atoms. The van der Waals surface area contributed by atoms with Crippen molar-refractivity contribution in [3.8, 4) is 5.82 Å². The lowest BCUT2D eigenvalue weighted by molar-refractivity contribution is 0.600. The number of aromatic amines is 1. The van der Waals surface area contributed by atoms with Crippen molar-refractivity contribution in [1.82, 2.24) is 19.7 Å². The maximum absolute atomic E-state index is 12.4. The first-order chi connectivity index (χ1) is 12.0. The van der Waals surface area contributed by atoms with Crippen molar-refractivity contribution in [2.24, 2.45) is 0 Å². The van der Waals surface area contributed by atoms with Crippen molar-refractivity contribution >= 4 is 27.6 Å². The minimum atomic E-state index is -3.79. The third kappa shape index (κ3) is 2.94. The number of nitrogens with zero attached hydrogens (tertiary/aromatic N) is 3. The van der Waals surface area contributed by atoms with Crippen LogP contribution < -0.4 is 10.3 Å². The number of aromatic nitrogens is 4. The largest absolute Gasteiger partial charge is 0.292 e. The maximum atomic E-state index is 12.4. The summed E-state index contributed by atoms with van der Waals surface area (Å²) in [6.07, 6.45) is 2.71. The number of rotatable bonds is 4. The van der Waals surface area contributed by atoms with Crippen LogP contribution in [0.1, 0.15) is 11.3 Å². The Morgan fingerprint density at radius 1 is 1.16 bits per heavy atom. The van der Waals surface area contributed by atoms with E-state index in [2.05, 4.69) is 19.8 Å². The van der Waals surface area contributed by atoms with Gasteiger partial charge in [0, 0.05) is 23.9 Å². The summed E-state index contributed by atoms with van der Waals surface area (Å²) in [5, 5.41) is 3.02. The molecule has 2 N–H and O–H groups in total. The molecule has 3 aromatic rings. The molecule has 1 aliphatic heterocycles. The predicted octanol–water partition coefficient (Wildman–Crippen LogP) is 1.50. The first-order valence-corrected chi connectivity index (χ1v) is 9.99. The Bertz CT molecular complexity index is 1070. The van der Waals surface area contributed by atoms with Crippen LogP contribution >= 0.6 is 11.8 Å². The van der Waals surface area contributed by atoms with Gasteiger partial charge in [-0.15, -0.1) is 0 Å². The molecule has 0 saturated heterocycles. The van der Waals surface area contributed by atoms with E-state index in [4.69, 9.17) is 0 Å². The number of hydrogen-bond acceptors (Lipinski definition) is 6. The molecule has 4 heterocycles. The number of hydrogen-bond donors (Lipinski definition) is 2. The molecule has 3 aromatic heterocycles. The van der Waals surface area contributed by atoms with Gasteiger partial charge < -0.3 is 0 Å². The van der Waals surface area contributed by atoms with E-state index in [1.807, 2.05) is 0 Å². The summed E-state index contributed by atoms with van der Waals surface area (Å²) in [6.45, 7) is 0. The molecule has 0 fully saturated rings. The van der Waals surface area contributed by atoms with E-state index in [-0.39, 0.29) is 16.3 Å². The average molecular weight is 375 g/mol. The second-order valence-electron chi connectivity index (χ2n) is 5.37. The number of fused-ring (bicyclic) bond motifs is 1. The van der Waals surface area contributed by atoms with Gasteiger partial charge in [-0.3, -0.25) is 14.6 Å². The summed E-state index contributed by atoms with van der Waals surface area (Å²) < 4.78 is 28.4. The molecule has 25 heavy (non-hydrogen) atoms. The molecule has 0 saturated carbocycles. The van der Waals surface area contributed by atoms with Gasteiger partial charge in [-0.25, -0.2) is 23.1 Å². The SMILES string of the molecule is O=c1c2c([nH]n1-c1ccc(S(=O)(=O)Nc3ccccn3)cn1)CSC2. The fraction of sp³-hybridized carbons (Fsp3) is 0.133. The summed E-state index contributed by atoms with van der Waals surface area (Å²) in [4.78, 5) is 20.4. The third-order valence-electron chi connectivity index (χ3n) is 3.73. The van der Waals surface area contributed by atoms with Crippen LogP contribution in [0.25, 0.3) is 5.82 Å². The molecule has 0 radical (unpaired) electrons.